The summed E-state index contributed by atoms with van der Waals surface area (Å²) in [5, 5.41) is 4.11. The molecule has 1 atom stereocenters. The molecule has 0 bridgehead atoms. The van der Waals surface area contributed by atoms with Crippen LogP contribution >= 0.6 is 0 Å². The summed E-state index contributed by atoms with van der Waals surface area (Å²) < 4.78 is 16.7. The topological polar surface area (TPSA) is 60.6 Å². The number of hydrogen-bond acceptors (Lipinski definition) is 6. The first-order valence-electron chi connectivity index (χ1n) is 9.67. The van der Waals surface area contributed by atoms with Gasteiger partial charge in [0, 0.05) is 24.1 Å². The van der Waals surface area contributed by atoms with Crippen molar-refractivity contribution in [1.82, 2.24) is 15.0 Å². The van der Waals surface area contributed by atoms with Gasteiger partial charge in [0.05, 0.1) is 20.3 Å². The molecule has 0 amide bonds. The first-order valence-corrected chi connectivity index (χ1v) is 9.67. The van der Waals surface area contributed by atoms with E-state index in [0.717, 1.165) is 36.6 Å². The minimum atomic E-state index is 0.483. The van der Waals surface area contributed by atoms with Gasteiger partial charge in [-0.05, 0) is 31.5 Å². The van der Waals surface area contributed by atoms with Crippen LogP contribution in [-0.4, -0.2) is 41.8 Å². The highest BCUT2D eigenvalue weighted by Gasteiger charge is 2.22. The third kappa shape index (κ3) is 4.70. The standard InChI is InChI=1S/C22H25N3O3/c1-26-19-10-5-11-20(13-19)27-16-17-7-6-12-25(14-17)15-21-23-22(24-28-21)18-8-3-2-4-9-18/h2-5,8-11,13,17H,6-7,12,14-16H2,1H3/t17-/m0/s1. The first kappa shape index (κ1) is 18.5. The average Bonchev–Trinajstić information content (AvgIpc) is 3.22. The Hall–Kier alpha value is -2.86. The zero-order valence-corrected chi connectivity index (χ0v) is 16.1. The number of ether oxygens (including phenoxy) is 2. The number of hydrogen-bond donors (Lipinski definition) is 0. The van der Waals surface area contributed by atoms with Crippen molar-refractivity contribution < 1.29 is 14.0 Å². The third-order valence-electron chi connectivity index (χ3n) is 4.99. The predicted octanol–water partition coefficient (Wildman–Crippen LogP) is 4.04. The van der Waals surface area contributed by atoms with Crippen LogP contribution in [0.15, 0.2) is 59.1 Å². The van der Waals surface area contributed by atoms with E-state index in [4.69, 9.17) is 14.0 Å². The highest BCUT2D eigenvalue weighted by molar-refractivity contribution is 5.53. The van der Waals surface area contributed by atoms with Gasteiger partial charge in [0.15, 0.2) is 0 Å². The molecular formula is C22H25N3O3. The van der Waals surface area contributed by atoms with E-state index in [1.807, 2.05) is 54.6 Å². The van der Waals surface area contributed by atoms with Crippen LogP contribution in [0.5, 0.6) is 11.5 Å². The van der Waals surface area contributed by atoms with Crippen LogP contribution < -0.4 is 9.47 Å². The Balaban J connectivity index is 1.31. The van der Waals surface area contributed by atoms with E-state index in [0.29, 0.717) is 30.8 Å². The summed E-state index contributed by atoms with van der Waals surface area (Å²) in [7, 11) is 1.67. The van der Waals surface area contributed by atoms with Crippen molar-refractivity contribution in [2.45, 2.75) is 19.4 Å². The number of benzene rings is 2. The van der Waals surface area contributed by atoms with Gasteiger partial charge in [-0.3, -0.25) is 4.90 Å². The van der Waals surface area contributed by atoms with Crippen molar-refractivity contribution in [3.8, 4) is 22.9 Å². The molecule has 28 heavy (non-hydrogen) atoms. The maximum absolute atomic E-state index is 5.99. The maximum atomic E-state index is 5.99. The minimum absolute atomic E-state index is 0.483. The average molecular weight is 379 g/mol. The zero-order chi connectivity index (χ0) is 19.2. The van der Waals surface area contributed by atoms with Crippen LogP contribution in [-0.2, 0) is 6.54 Å². The van der Waals surface area contributed by atoms with Gasteiger partial charge in [-0.2, -0.15) is 4.98 Å². The van der Waals surface area contributed by atoms with Crippen molar-refractivity contribution in [3.63, 3.8) is 0 Å². The predicted molar refractivity (Wildman–Crippen MR) is 106 cm³/mol. The summed E-state index contributed by atoms with van der Waals surface area (Å²) in [6, 6.07) is 17.7. The molecule has 3 aromatic rings. The second kappa shape index (κ2) is 8.89. The van der Waals surface area contributed by atoms with Crippen LogP contribution in [0, 0.1) is 5.92 Å². The Labute approximate surface area is 165 Å². The van der Waals surface area contributed by atoms with Crippen LogP contribution in [0.3, 0.4) is 0 Å². The van der Waals surface area contributed by atoms with Crippen LogP contribution in [0.4, 0.5) is 0 Å². The van der Waals surface area contributed by atoms with Crippen molar-refractivity contribution in [1.29, 1.82) is 0 Å². The monoisotopic (exact) mass is 379 g/mol. The molecule has 2 aromatic carbocycles. The molecule has 2 heterocycles. The summed E-state index contributed by atoms with van der Waals surface area (Å²) in [6.45, 7) is 3.38. The lowest BCUT2D eigenvalue weighted by atomic mass is 9.99. The van der Waals surface area contributed by atoms with Gasteiger partial charge in [-0.1, -0.05) is 41.6 Å². The fourth-order valence-corrected chi connectivity index (χ4v) is 3.55. The van der Waals surface area contributed by atoms with E-state index >= 15 is 0 Å². The highest BCUT2D eigenvalue weighted by atomic mass is 16.5. The van der Waals surface area contributed by atoms with Crippen molar-refractivity contribution in [2.24, 2.45) is 5.92 Å². The Bertz CT molecular complexity index is 881. The van der Waals surface area contributed by atoms with Gasteiger partial charge < -0.3 is 14.0 Å². The number of nitrogens with zero attached hydrogens (tertiary/aromatic N) is 3. The van der Waals surface area contributed by atoms with Gasteiger partial charge in [0.1, 0.15) is 11.5 Å². The van der Waals surface area contributed by atoms with Crippen molar-refractivity contribution in [3.05, 3.63) is 60.5 Å². The van der Waals surface area contributed by atoms with E-state index in [-0.39, 0.29) is 0 Å². The molecule has 0 N–H and O–H groups in total. The molecule has 1 aromatic heterocycles. The van der Waals surface area contributed by atoms with E-state index < -0.39 is 0 Å². The molecule has 1 fully saturated rings. The van der Waals surface area contributed by atoms with Crippen molar-refractivity contribution in [2.75, 3.05) is 26.8 Å². The highest BCUT2D eigenvalue weighted by Crippen LogP contribution is 2.23. The quantitative estimate of drug-likeness (QED) is 0.618. The molecule has 146 valence electrons. The number of methoxy groups -OCH3 is 1. The lowest BCUT2D eigenvalue weighted by molar-refractivity contribution is 0.115. The van der Waals surface area contributed by atoms with Gasteiger partial charge in [-0.25, -0.2) is 0 Å². The summed E-state index contributed by atoms with van der Waals surface area (Å²) in [5.74, 6) is 3.45. The van der Waals surface area contributed by atoms with E-state index in [1.54, 1.807) is 7.11 Å². The summed E-state index contributed by atoms with van der Waals surface area (Å²) in [4.78, 5) is 6.91. The largest absolute Gasteiger partial charge is 0.497 e. The molecule has 0 saturated carbocycles. The molecule has 0 radical (unpaired) electrons. The fraction of sp³-hybridized carbons (Fsp3) is 0.364. The molecule has 6 heteroatoms. The van der Waals surface area contributed by atoms with Gasteiger partial charge in [0.2, 0.25) is 11.7 Å². The fourth-order valence-electron chi connectivity index (χ4n) is 3.55. The smallest absolute Gasteiger partial charge is 0.241 e. The Morgan fingerprint density at radius 3 is 2.82 bits per heavy atom. The third-order valence-corrected chi connectivity index (χ3v) is 4.99. The van der Waals surface area contributed by atoms with Crippen LogP contribution in [0.1, 0.15) is 18.7 Å². The summed E-state index contributed by atoms with van der Waals surface area (Å²) >= 11 is 0. The van der Waals surface area contributed by atoms with E-state index in [1.165, 1.54) is 6.42 Å². The van der Waals surface area contributed by atoms with Crippen molar-refractivity contribution >= 4 is 0 Å². The summed E-state index contributed by atoms with van der Waals surface area (Å²) in [5.41, 5.74) is 0.973. The number of aromatic nitrogens is 2. The summed E-state index contributed by atoms with van der Waals surface area (Å²) in [6.07, 6.45) is 2.31. The molecule has 1 saturated heterocycles. The zero-order valence-electron chi connectivity index (χ0n) is 16.1. The molecule has 4 rings (SSSR count). The minimum Gasteiger partial charge on any atom is -0.497 e. The number of likely N-dealkylation sites (tertiary alicyclic amines) is 1. The Morgan fingerprint density at radius 1 is 1.11 bits per heavy atom. The van der Waals surface area contributed by atoms with Gasteiger partial charge in [-0.15, -0.1) is 0 Å². The lowest BCUT2D eigenvalue weighted by Gasteiger charge is -2.31. The molecule has 6 nitrogen and oxygen atoms in total. The number of rotatable bonds is 7. The molecule has 0 aliphatic carbocycles. The SMILES string of the molecule is COc1cccc(OC[C@H]2CCCN(Cc3nc(-c4ccccc4)no3)C2)c1. The number of piperidine rings is 1. The van der Waals surface area contributed by atoms with E-state index in [9.17, 15) is 0 Å². The van der Waals surface area contributed by atoms with Crippen LogP contribution in [0.25, 0.3) is 11.4 Å². The molecular weight excluding hydrogens is 354 g/mol. The Kier molecular flexibility index (Phi) is 5.87. The maximum Gasteiger partial charge on any atom is 0.241 e. The van der Waals surface area contributed by atoms with Gasteiger partial charge in [0.25, 0.3) is 0 Å². The first-order chi connectivity index (χ1) is 13.8. The molecule has 1 aliphatic heterocycles. The van der Waals surface area contributed by atoms with E-state index in [2.05, 4.69) is 15.0 Å². The second-order valence-electron chi connectivity index (χ2n) is 7.11. The normalized spacial score (nSPS) is 17.4. The Morgan fingerprint density at radius 2 is 1.96 bits per heavy atom. The molecule has 1 aliphatic rings. The lowest BCUT2D eigenvalue weighted by Crippen LogP contribution is -2.37. The van der Waals surface area contributed by atoms with Crippen LogP contribution in [0.2, 0.25) is 0 Å². The van der Waals surface area contributed by atoms with Gasteiger partial charge >= 0.3 is 0 Å². The molecule has 0 unspecified atom stereocenters. The molecule has 0 spiro atoms. The second-order valence-corrected chi connectivity index (χ2v) is 7.11.